The molecule has 1 fully saturated rings. The number of hydrogen-bond donors (Lipinski definition) is 1. The zero-order chi connectivity index (χ0) is 12.7. The zero-order valence-electron chi connectivity index (χ0n) is 10.6. The average molecular weight is 262 g/mol. The predicted octanol–water partition coefficient (Wildman–Crippen LogP) is -0.408. The molecule has 0 bridgehead atoms. The first-order chi connectivity index (χ1) is 8.11. The highest BCUT2D eigenvalue weighted by Crippen LogP contribution is 1.98. The van der Waals surface area contributed by atoms with Crippen molar-refractivity contribution in [3.05, 3.63) is 0 Å². The van der Waals surface area contributed by atoms with Crippen molar-refractivity contribution in [1.82, 2.24) is 10.2 Å². The normalized spacial score (nSPS) is 20.0. The molecule has 0 saturated carbocycles. The number of ether oxygens (including phenoxy) is 1. The molecule has 0 aliphatic carbocycles. The second-order valence-electron chi connectivity index (χ2n) is 4.27. The Morgan fingerprint density at radius 2 is 2.12 bits per heavy atom. The molecule has 0 aromatic rings. The standard InChI is InChI=1S/C11H22N2O3S/c1-10(17(2)15)3-4-12-9-11(14)13-5-7-16-8-6-13/h10,12H,3-9H2,1-2H3. The monoisotopic (exact) mass is 262 g/mol. The predicted molar refractivity (Wildman–Crippen MR) is 68.4 cm³/mol. The average Bonchev–Trinajstić information content (AvgIpc) is 2.35. The van der Waals surface area contributed by atoms with Crippen LogP contribution in [0.2, 0.25) is 0 Å². The fourth-order valence-electron chi connectivity index (χ4n) is 1.59. The quantitative estimate of drug-likeness (QED) is 0.661. The van der Waals surface area contributed by atoms with Crippen LogP contribution in [-0.2, 0) is 20.3 Å². The Balaban J connectivity index is 2.09. The van der Waals surface area contributed by atoms with Gasteiger partial charge >= 0.3 is 0 Å². The van der Waals surface area contributed by atoms with E-state index in [1.54, 1.807) is 6.26 Å². The summed E-state index contributed by atoms with van der Waals surface area (Å²) in [5.41, 5.74) is 0. The summed E-state index contributed by atoms with van der Waals surface area (Å²) < 4.78 is 16.3. The van der Waals surface area contributed by atoms with Crippen LogP contribution in [-0.4, -0.2) is 65.9 Å². The first-order valence-electron chi connectivity index (χ1n) is 5.99. The van der Waals surface area contributed by atoms with Gasteiger partial charge in [-0.25, -0.2) is 0 Å². The Morgan fingerprint density at radius 1 is 1.47 bits per heavy atom. The lowest BCUT2D eigenvalue weighted by Gasteiger charge is -2.27. The highest BCUT2D eigenvalue weighted by molar-refractivity contribution is 7.84. The number of carbonyl (C=O) groups is 1. The van der Waals surface area contributed by atoms with E-state index in [0.29, 0.717) is 32.8 Å². The molecule has 1 amide bonds. The van der Waals surface area contributed by atoms with Crippen molar-refractivity contribution in [2.24, 2.45) is 0 Å². The SMILES string of the molecule is CC(CCNCC(=O)N1CCOCC1)S(C)=O. The van der Waals surface area contributed by atoms with Crippen LogP contribution in [0.5, 0.6) is 0 Å². The topological polar surface area (TPSA) is 58.6 Å². The van der Waals surface area contributed by atoms with E-state index in [2.05, 4.69) is 5.32 Å². The maximum absolute atomic E-state index is 11.7. The Morgan fingerprint density at radius 3 is 2.71 bits per heavy atom. The van der Waals surface area contributed by atoms with Crippen molar-refractivity contribution in [2.45, 2.75) is 18.6 Å². The van der Waals surface area contributed by atoms with Crippen LogP contribution in [0.25, 0.3) is 0 Å². The largest absolute Gasteiger partial charge is 0.378 e. The van der Waals surface area contributed by atoms with Gasteiger partial charge in [0.1, 0.15) is 0 Å². The maximum atomic E-state index is 11.7. The Labute approximate surface area is 105 Å². The van der Waals surface area contributed by atoms with Crippen LogP contribution in [0.4, 0.5) is 0 Å². The number of carbonyl (C=O) groups excluding carboxylic acids is 1. The molecule has 0 aromatic heterocycles. The molecule has 6 heteroatoms. The van der Waals surface area contributed by atoms with Crippen LogP contribution in [0.3, 0.4) is 0 Å². The molecular formula is C11H22N2O3S. The van der Waals surface area contributed by atoms with E-state index in [1.165, 1.54) is 0 Å². The minimum Gasteiger partial charge on any atom is -0.378 e. The van der Waals surface area contributed by atoms with Crippen molar-refractivity contribution in [1.29, 1.82) is 0 Å². The van der Waals surface area contributed by atoms with E-state index >= 15 is 0 Å². The van der Waals surface area contributed by atoms with Crippen LogP contribution >= 0.6 is 0 Å². The van der Waals surface area contributed by atoms with Gasteiger partial charge in [0.15, 0.2) is 0 Å². The number of hydrogen-bond acceptors (Lipinski definition) is 4. The van der Waals surface area contributed by atoms with Gasteiger partial charge in [-0.3, -0.25) is 9.00 Å². The van der Waals surface area contributed by atoms with E-state index in [4.69, 9.17) is 4.74 Å². The first-order valence-corrected chi connectivity index (χ1v) is 7.62. The lowest BCUT2D eigenvalue weighted by Crippen LogP contribution is -2.45. The van der Waals surface area contributed by atoms with Crippen LogP contribution in [0.1, 0.15) is 13.3 Å². The molecule has 0 radical (unpaired) electrons. The Bertz CT molecular complexity index is 267. The van der Waals surface area contributed by atoms with Gasteiger partial charge in [0.25, 0.3) is 0 Å². The van der Waals surface area contributed by atoms with E-state index in [1.807, 2.05) is 11.8 Å². The number of amides is 1. The van der Waals surface area contributed by atoms with E-state index in [-0.39, 0.29) is 11.2 Å². The number of nitrogens with zero attached hydrogens (tertiary/aromatic N) is 1. The van der Waals surface area contributed by atoms with Gasteiger partial charge in [-0.2, -0.15) is 0 Å². The Hall–Kier alpha value is -0.460. The third kappa shape index (κ3) is 5.61. The van der Waals surface area contributed by atoms with E-state index < -0.39 is 10.8 Å². The second-order valence-corrected chi connectivity index (χ2v) is 6.07. The van der Waals surface area contributed by atoms with Crippen molar-refractivity contribution in [3.8, 4) is 0 Å². The summed E-state index contributed by atoms with van der Waals surface area (Å²) in [6, 6.07) is 0. The van der Waals surface area contributed by atoms with Gasteiger partial charge in [0.2, 0.25) is 5.91 Å². The molecule has 1 N–H and O–H groups in total. The lowest BCUT2D eigenvalue weighted by molar-refractivity contribution is -0.134. The first kappa shape index (κ1) is 14.6. The molecule has 1 aliphatic rings. The molecule has 2 unspecified atom stereocenters. The van der Waals surface area contributed by atoms with Crippen molar-refractivity contribution < 1.29 is 13.7 Å². The maximum Gasteiger partial charge on any atom is 0.236 e. The van der Waals surface area contributed by atoms with Crippen molar-refractivity contribution in [3.63, 3.8) is 0 Å². The molecule has 0 spiro atoms. The summed E-state index contributed by atoms with van der Waals surface area (Å²) in [5, 5.41) is 3.28. The highest BCUT2D eigenvalue weighted by Gasteiger charge is 2.16. The second kappa shape index (κ2) is 7.79. The molecule has 1 rings (SSSR count). The van der Waals surface area contributed by atoms with Gasteiger partial charge in [0.05, 0.1) is 19.8 Å². The molecule has 1 saturated heterocycles. The molecular weight excluding hydrogens is 240 g/mol. The van der Waals surface area contributed by atoms with Crippen molar-refractivity contribution >= 4 is 16.7 Å². The molecule has 0 aromatic carbocycles. The van der Waals surface area contributed by atoms with Gasteiger partial charge in [0, 0.05) is 35.4 Å². The fourth-order valence-corrected chi connectivity index (χ4v) is 2.04. The highest BCUT2D eigenvalue weighted by atomic mass is 32.2. The third-order valence-corrected chi connectivity index (χ3v) is 4.30. The lowest BCUT2D eigenvalue weighted by atomic mass is 10.3. The molecule has 5 nitrogen and oxygen atoms in total. The summed E-state index contributed by atoms with van der Waals surface area (Å²) in [6.45, 7) is 5.71. The van der Waals surface area contributed by atoms with Crippen LogP contribution in [0, 0.1) is 0 Å². The zero-order valence-corrected chi connectivity index (χ0v) is 11.4. The van der Waals surface area contributed by atoms with Gasteiger partial charge in [-0.1, -0.05) is 6.92 Å². The number of rotatable bonds is 6. The molecule has 17 heavy (non-hydrogen) atoms. The molecule has 1 heterocycles. The summed E-state index contributed by atoms with van der Waals surface area (Å²) in [4.78, 5) is 13.5. The van der Waals surface area contributed by atoms with Crippen LogP contribution in [0.15, 0.2) is 0 Å². The van der Waals surface area contributed by atoms with Crippen LogP contribution < -0.4 is 5.32 Å². The minimum absolute atomic E-state index is 0.124. The summed E-state index contributed by atoms with van der Waals surface area (Å²) in [6.07, 6.45) is 2.54. The minimum atomic E-state index is -0.781. The van der Waals surface area contributed by atoms with Gasteiger partial charge in [-0.15, -0.1) is 0 Å². The smallest absolute Gasteiger partial charge is 0.236 e. The summed E-state index contributed by atoms with van der Waals surface area (Å²) in [7, 11) is -0.781. The molecule has 1 aliphatic heterocycles. The molecule has 100 valence electrons. The third-order valence-electron chi connectivity index (χ3n) is 2.93. The number of nitrogens with one attached hydrogen (secondary N) is 1. The van der Waals surface area contributed by atoms with Gasteiger partial charge < -0.3 is 15.0 Å². The van der Waals surface area contributed by atoms with Crippen molar-refractivity contribution in [2.75, 3.05) is 45.6 Å². The Kier molecular flexibility index (Phi) is 6.69. The summed E-state index contributed by atoms with van der Waals surface area (Å²) >= 11 is 0. The van der Waals surface area contributed by atoms with Gasteiger partial charge in [-0.05, 0) is 13.0 Å². The fraction of sp³-hybridized carbons (Fsp3) is 0.909. The van der Waals surface area contributed by atoms with E-state index in [0.717, 1.165) is 13.0 Å². The molecule has 2 atom stereocenters. The summed E-state index contributed by atoms with van der Waals surface area (Å²) in [5.74, 6) is 0.124. The number of morpholine rings is 1. The van der Waals surface area contributed by atoms with E-state index in [9.17, 15) is 9.00 Å².